The summed E-state index contributed by atoms with van der Waals surface area (Å²) in [6.07, 6.45) is -5.07. The van der Waals surface area contributed by atoms with E-state index in [9.17, 15) is 31.5 Å². The van der Waals surface area contributed by atoms with Crippen LogP contribution < -0.4 is 10.6 Å². The van der Waals surface area contributed by atoms with Crippen molar-refractivity contribution in [1.29, 1.82) is 0 Å². The van der Waals surface area contributed by atoms with E-state index in [4.69, 9.17) is 0 Å². The number of carbonyl (C=O) groups is 2. The molecule has 3 rings (SSSR count). The van der Waals surface area contributed by atoms with E-state index < -0.39 is 41.0 Å². The van der Waals surface area contributed by atoms with Crippen LogP contribution in [0.1, 0.15) is 21.7 Å². The van der Waals surface area contributed by atoms with Gasteiger partial charge >= 0.3 is 6.18 Å². The van der Waals surface area contributed by atoms with E-state index in [0.29, 0.717) is 10.2 Å². The zero-order chi connectivity index (χ0) is 23.3. The van der Waals surface area contributed by atoms with Crippen LogP contribution in [0.15, 0.2) is 48.5 Å². The summed E-state index contributed by atoms with van der Waals surface area (Å²) in [5.41, 5.74) is -2.07. The maximum Gasteiger partial charge on any atom is 0.435 e. The van der Waals surface area contributed by atoms with E-state index in [1.165, 1.54) is 18.2 Å². The molecule has 0 saturated heterocycles. The van der Waals surface area contributed by atoms with Gasteiger partial charge in [0, 0.05) is 13.1 Å². The largest absolute Gasteiger partial charge is 0.435 e. The summed E-state index contributed by atoms with van der Waals surface area (Å²) in [5, 5.41) is 11.4. The van der Waals surface area contributed by atoms with Gasteiger partial charge in [0.25, 0.3) is 5.91 Å². The fraction of sp³-hybridized carbons (Fsp3) is 0.200. The Morgan fingerprint density at radius 1 is 0.938 bits per heavy atom. The van der Waals surface area contributed by atoms with Gasteiger partial charge in [-0.05, 0) is 42.0 Å². The predicted molar refractivity (Wildman–Crippen MR) is 102 cm³/mol. The van der Waals surface area contributed by atoms with Crippen LogP contribution in [0.3, 0.4) is 0 Å². The fourth-order valence-corrected chi connectivity index (χ4v) is 2.81. The molecule has 2 N–H and O–H groups in total. The summed E-state index contributed by atoms with van der Waals surface area (Å²) in [7, 11) is 0. The van der Waals surface area contributed by atoms with E-state index >= 15 is 0 Å². The van der Waals surface area contributed by atoms with Gasteiger partial charge in [-0.3, -0.25) is 9.59 Å². The monoisotopic (exact) mass is 453 g/mol. The van der Waals surface area contributed by atoms with Crippen LogP contribution in [-0.4, -0.2) is 39.9 Å². The number of nitrogens with one attached hydrogen (secondary N) is 2. The molecule has 0 saturated carbocycles. The average molecular weight is 453 g/mol. The number of nitrogens with zero attached hydrogens (tertiary/aromatic N) is 3. The summed E-state index contributed by atoms with van der Waals surface area (Å²) >= 11 is 0. The maximum absolute atomic E-state index is 13.6. The topological polar surface area (TPSA) is 88.9 Å². The molecule has 0 aliphatic heterocycles. The van der Waals surface area contributed by atoms with E-state index in [1.807, 2.05) is 0 Å². The summed E-state index contributed by atoms with van der Waals surface area (Å²) in [6.45, 7) is -0.262. The Morgan fingerprint density at radius 3 is 2.28 bits per heavy atom. The van der Waals surface area contributed by atoms with Crippen molar-refractivity contribution in [2.24, 2.45) is 0 Å². The molecule has 0 unspecified atom stereocenters. The van der Waals surface area contributed by atoms with Crippen LogP contribution in [-0.2, 0) is 17.4 Å². The van der Waals surface area contributed by atoms with Gasteiger partial charge in [0.1, 0.15) is 11.6 Å². The van der Waals surface area contributed by atoms with Gasteiger partial charge in [-0.15, -0.1) is 5.10 Å². The van der Waals surface area contributed by atoms with Gasteiger partial charge in [0.2, 0.25) is 5.91 Å². The second kappa shape index (κ2) is 9.54. The number of amides is 2. The van der Waals surface area contributed by atoms with Gasteiger partial charge in [-0.2, -0.15) is 13.2 Å². The normalized spacial score (nSPS) is 11.3. The van der Waals surface area contributed by atoms with Crippen molar-refractivity contribution in [1.82, 2.24) is 25.6 Å². The zero-order valence-corrected chi connectivity index (χ0v) is 16.3. The average Bonchev–Trinajstić information content (AvgIpc) is 3.17. The van der Waals surface area contributed by atoms with E-state index in [0.717, 1.165) is 24.3 Å². The predicted octanol–water partition coefficient (Wildman–Crippen LogP) is 2.65. The Hall–Kier alpha value is -3.83. The van der Waals surface area contributed by atoms with Gasteiger partial charge < -0.3 is 10.6 Å². The molecule has 168 valence electrons. The Kier molecular flexibility index (Phi) is 6.81. The van der Waals surface area contributed by atoms with Crippen LogP contribution >= 0.6 is 0 Å². The highest BCUT2D eigenvalue weighted by Crippen LogP contribution is 2.32. The summed E-state index contributed by atoms with van der Waals surface area (Å²) in [6, 6.07) is 9.48. The molecule has 0 fully saturated rings. The van der Waals surface area contributed by atoms with Crippen LogP contribution in [0, 0.1) is 11.6 Å². The number of rotatable bonds is 7. The van der Waals surface area contributed by atoms with Crippen molar-refractivity contribution in [3.63, 3.8) is 0 Å². The Labute approximate surface area is 178 Å². The minimum absolute atomic E-state index is 0.0761. The van der Waals surface area contributed by atoms with Crippen molar-refractivity contribution in [2.75, 3.05) is 13.1 Å². The lowest BCUT2D eigenvalue weighted by atomic mass is 10.1. The van der Waals surface area contributed by atoms with Gasteiger partial charge in [-0.25, -0.2) is 13.5 Å². The molecule has 7 nitrogen and oxygen atoms in total. The molecule has 3 aromatic rings. The number of alkyl halides is 3. The van der Waals surface area contributed by atoms with Crippen LogP contribution in [0.5, 0.6) is 0 Å². The number of carbonyl (C=O) groups excluding carboxylic acids is 2. The van der Waals surface area contributed by atoms with E-state index in [2.05, 4.69) is 20.9 Å². The van der Waals surface area contributed by atoms with Crippen molar-refractivity contribution in [3.8, 4) is 5.69 Å². The third-order valence-corrected chi connectivity index (χ3v) is 4.21. The highest BCUT2D eigenvalue weighted by atomic mass is 19.4. The van der Waals surface area contributed by atoms with Crippen molar-refractivity contribution in [3.05, 3.63) is 77.1 Å². The maximum atomic E-state index is 13.6. The first-order valence-electron chi connectivity index (χ1n) is 9.23. The molecule has 0 radical (unpaired) electrons. The summed E-state index contributed by atoms with van der Waals surface area (Å²) < 4.78 is 67.3. The molecule has 0 atom stereocenters. The van der Waals surface area contributed by atoms with Crippen molar-refractivity contribution < 1.29 is 31.5 Å². The van der Waals surface area contributed by atoms with Gasteiger partial charge in [0.15, 0.2) is 11.4 Å². The SMILES string of the molecule is O=C(Cc1cccc(F)c1)NCCNC(=O)c1nnn(-c2ccc(F)cc2)c1C(F)(F)F. The summed E-state index contributed by atoms with van der Waals surface area (Å²) in [5.74, 6) is -2.75. The lowest BCUT2D eigenvalue weighted by molar-refractivity contribution is -0.143. The molecular weight excluding hydrogens is 437 g/mol. The lowest BCUT2D eigenvalue weighted by Gasteiger charge is -2.11. The molecule has 0 bridgehead atoms. The minimum atomic E-state index is -4.97. The molecule has 2 aromatic carbocycles. The standard InChI is InChI=1S/C20H16F5N5O2/c21-13-4-6-15(7-5-13)30-18(20(23,24)25)17(28-29-30)19(32)27-9-8-26-16(31)11-12-2-1-3-14(22)10-12/h1-7,10H,8-9,11H2,(H,26,31)(H,27,32). The number of hydrogen-bond donors (Lipinski definition) is 2. The quantitative estimate of drug-likeness (QED) is 0.425. The highest BCUT2D eigenvalue weighted by Gasteiger charge is 2.41. The molecule has 1 aromatic heterocycles. The van der Waals surface area contributed by atoms with Crippen molar-refractivity contribution >= 4 is 11.8 Å². The minimum Gasteiger partial charge on any atom is -0.354 e. The van der Waals surface area contributed by atoms with Gasteiger partial charge in [-0.1, -0.05) is 17.3 Å². The first-order chi connectivity index (χ1) is 15.1. The molecule has 0 spiro atoms. The molecule has 0 aliphatic rings. The zero-order valence-electron chi connectivity index (χ0n) is 16.3. The first-order valence-corrected chi connectivity index (χ1v) is 9.23. The first kappa shape index (κ1) is 22.8. The molecular formula is C20H16F5N5O2. The second-order valence-electron chi connectivity index (χ2n) is 6.59. The number of aromatic nitrogens is 3. The molecule has 32 heavy (non-hydrogen) atoms. The number of benzene rings is 2. The third kappa shape index (κ3) is 5.65. The molecule has 2 amide bonds. The fourth-order valence-electron chi connectivity index (χ4n) is 2.81. The Morgan fingerprint density at radius 2 is 1.62 bits per heavy atom. The third-order valence-electron chi connectivity index (χ3n) is 4.21. The van der Waals surface area contributed by atoms with Crippen molar-refractivity contribution in [2.45, 2.75) is 12.6 Å². The second-order valence-corrected chi connectivity index (χ2v) is 6.59. The van der Waals surface area contributed by atoms with E-state index in [-0.39, 0.29) is 25.2 Å². The number of halogens is 5. The van der Waals surface area contributed by atoms with Crippen LogP contribution in [0.2, 0.25) is 0 Å². The van der Waals surface area contributed by atoms with Crippen LogP contribution in [0.25, 0.3) is 5.69 Å². The van der Waals surface area contributed by atoms with Gasteiger partial charge in [0.05, 0.1) is 12.1 Å². The Balaban J connectivity index is 1.61. The molecule has 0 aliphatic carbocycles. The highest BCUT2D eigenvalue weighted by molar-refractivity contribution is 5.93. The molecule has 1 heterocycles. The molecule has 12 heteroatoms. The smallest absolute Gasteiger partial charge is 0.354 e. The summed E-state index contributed by atoms with van der Waals surface area (Å²) in [4.78, 5) is 24.1. The lowest BCUT2D eigenvalue weighted by Crippen LogP contribution is -2.36. The van der Waals surface area contributed by atoms with E-state index in [1.54, 1.807) is 6.07 Å². The Bertz CT molecular complexity index is 1110. The van der Waals surface area contributed by atoms with Crippen LogP contribution in [0.4, 0.5) is 22.0 Å². The number of hydrogen-bond acceptors (Lipinski definition) is 4.